The summed E-state index contributed by atoms with van der Waals surface area (Å²) in [6.45, 7) is 3.74. The third-order valence-electron chi connectivity index (χ3n) is 2.95. The number of thioether (sulfide) groups is 1. The number of nitrogens with zero attached hydrogens (tertiary/aromatic N) is 1. The van der Waals surface area contributed by atoms with Crippen molar-refractivity contribution in [2.75, 3.05) is 11.9 Å². The molecule has 0 N–H and O–H groups in total. The van der Waals surface area contributed by atoms with Crippen molar-refractivity contribution in [2.24, 2.45) is 0 Å². The molecule has 1 aliphatic rings. The zero-order valence-corrected chi connectivity index (χ0v) is 11.0. The van der Waals surface area contributed by atoms with Crippen LogP contribution in [0.2, 0.25) is 0 Å². The molecule has 0 radical (unpaired) electrons. The third kappa shape index (κ3) is 2.09. The summed E-state index contributed by atoms with van der Waals surface area (Å²) in [5.41, 5.74) is 1.62. The molecule has 1 aliphatic heterocycles. The first-order valence-corrected chi connectivity index (χ1v) is 6.54. The van der Waals surface area contributed by atoms with Gasteiger partial charge < -0.3 is 4.90 Å². The van der Waals surface area contributed by atoms with E-state index in [9.17, 15) is 9.59 Å². The number of amides is 1. The molecule has 0 saturated heterocycles. The molecule has 4 heteroatoms. The summed E-state index contributed by atoms with van der Waals surface area (Å²) in [7, 11) is 1.78. The number of Topliss-reactive ketones (excluding diaryl/α,β-unsaturated/α-hetero) is 1. The molecular weight excluding hydrogens is 234 g/mol. The van der Waals surface area contributed by atoms with Gasteiger partial charge in [-0.1, -0.05) is 6.92 Å². The molecule has 0 spiro atoms. The van der Waals surface area contributed by atoms with E-state index in [4.69, 9.17) is 0 Å². The standard InChI is InChI=1S/C13H15NO2S/c1-4-11(15)9-5-6-10-12(7-9)17-8(2)13(16)14(10)3/h5-8H,4H2,1-3H3. The van der Waals surface area contributed by atoms with E-state index in [1.807, 2.05) is 26.0 Å². The van der Waals surface area contributed by atoms with Gasteiger partial charge in [0.2, 0.25) is 5.91 Å². The number of carbonyl (C=O) groups excluding carboxylic acids is 2. The summed E-state index contributed by atoms with van der Waals surface area (Å²) in [4.78, 5) is 26.1. The second-order valence-electron chi connectivity index (χ2n) is 4.12. The number of hydrogen-bond acceptors (Lipinski definition) is 3. The van der Waals surface area contributed by atoms with Gasteiger partial charge in [-0.15, -0.1) is 11.8 Å². The maximum atomic E-state index is 11.8. The van der Waals surface area contributed by atoms with Crippen LogP contribution in [0.1, 0.15) is 30.6 Å². The largest absolute Gasteiger partial charge is 0.313 e. The Morgan fingerprint density at radius 1 is 1.47 bits per heavy atom. The van der Waals surface area contributed by atoms with Gasteiger partial charge in [-0.05, 0) is 25.1 Å². The molecule has 0 fully saturated rings. The number of hydrogen-bond donors (Lipinski definition) is 0. The summed E-state index contributed by atoms with van der Waals surface area (Å²) < 4.78 is 0. The van der Waals surface area contributed by atoms with Crippen LogP contribution in [0.4, 0.5) is 5.69 Å². The van der Waals surface area contributed by atoms with Crippen LogP contribution in [0.15, 0.2) is 23.1 Å². The van der Waals surface area contributed by atoms with Crippen LogP contribution in [0.5, 0.6) is 0 Å². The smallest absolute Gasteiger partial charge is 0.239 e. The van der Waals surface area contributed by atoms with Crippen molar-refractivity contribution in [3.8, 4) is 0 Å². The van der Waals surface area contributed by atoms with E-state index in [1.54, 1.807) is 18.0 Å². The highest BCUT2D eigenvalue weighted by molar-refractivity contribution is 8.01. The van der Waals surface area contributed by atoms with E-state index in [-0.39, 0.29) is 16.9 Å². The van der Waals surface area contributed by atoms with Gasteiger partial charge in [0, 0.05) is 23.9 Å². The molecule has 1 atom stereocenters. The van der Waals surface area contributed by atoms with Gasteiger partial charge in [0.15, 0.2) is 5.78 Å². The number of carbonyl (C=O) groups is 2. The zero-order valence-electron chi connectivity index (χ0n) is 10.2. The molecule has 3 nitrogen and oxygen atoms in total. The minimum Gasteiger partial charge on any atom is -0.313 e. The van der Waals surface area contributed by atoms with Crippen LogP contribution < -0.4 is 4.90 Å². The van der Waals surface area contributed by atoms with Crippen LogP contribution in [-0.4, -0.2) is 24.0 Å². The molecule has 90 valence electrons. The number of benzene rings is 1. The average Bonchev–Trinajstić information content (AvgIpc) is 2.34. The molecule has 1 aromatic carbocycles. The Morgan fingerprint density at radius 2 is 2.18 bits per heavy atom. The molecule has 17 heavy (non-hydrogen) atoms. The molecule has 0 bridgehead atoms. The molecule has 0 aliphatic carbocycles. The Balaban J connectivity index is 2.44. The lowest BCUT2D eigenvalue weighted by molar-refractivity contribution is -0.117. The van der Waals surface area contributed by atoms with Crippen molar-refractivity contribution in [2.45, 2.75) is 30.4 Å². The van der Waals surface area contributed by atoms with Gasteiger partial charge in [0.05, 0.1) is 10.9 Å². The first kappa shape index (κ1) is 12.2. The number of rotatable bonds is 2. The van der Waals surface area contributed by atoms with Crippen molar-refractivity contribution in [3.63, 3.8) is 0 Å². The topological polar surface area (TPSA) is 37.4 Å². The van der Waals surface area contributed by atoms with Gasteiger partial charge >= 0.3 is 0 Å². The first-order chi connectivity index (χ1) is 8.04. The van der Waals surface area contributed by atoms with Gasteiger partial charge in [0.1, 0.15) is 0 Å². The summed E-state index contributed by atoms with van der Waals surface area (Å²) >= 11 is 1.52. The van der Waals surface area contributed by atoms with Crippen molar-refractivity contribution in [3.05, 3.63) is 23.8 Å². The fourth-order valence-electron chi connectivity index (χ4n) is 1.90. The van der Waals surface area contributed by atoms with Crippen molar-refractivity contribution in [1.82, 2.24) is 0 Å². The van der Waals surface area contributed by atoms with Crippen LogP contribution in [-0.2, 0) is 4.79 Å². The predicted octanol–water partition coefficient (Wildman–Crippen LogP) is 2.74. The predicted molar refractivity (Wildman–Crippen MR) is 69.8 cm³/mol. The van der Waals surface area contributed by atoms with Crippen molar-refractivity contribution >= 4 is 29.1 Å². The molecule has 1 amide bonds. The summed E-state index contributed by atoms with van der Waals surface area (Å²) in [5.74, 6) is 0.248. The highest BCUT2D eigenvalue weighted by Crippen LogP contribution is 2.38. The monoisotopic (exact) mass is 249 g/mol. The molecule has 0 aromatic heterocycles. The number of anilines is 1. The Kier molecular flexibility index (Phi) is 3.24. The van der Waals surface area contributed by atoms with Crippen molar-refractivity contribution < 1.29 is 9.59 Å². The minimum absolute atomic E-state index is 0.0838. The SMILES string of the molecule is CCC(=O)c1ccc2c(c1)SC(C)C(=O)N2C. The molecular formula is C13H15NO2S. The number of ketones is 1. The molecule has 1 aromatic rings. The number of fused-ring (bicyclic) bond motifs is 1. The highest BCUT2D eigenvalue weighted by Gasteiger charge is 2.28. The van der Waals surface area contributed by atoms with Gasteiger partial charge in [0.25, 0.3) is 0 Å². The Bertz CT molecular complexity index is 484. The molecule has 1 heterocycles. The maximum absolute atomic E-state index is 11.8. The zero-order chi connectivity index (χ0) is 12.6. The molecule has 1 unspecified atom stereocenters. The van der Waals surface area contributed by atoms with E-state index in [0.29, 0.717) is 6.42 Å². The van der Waals surface area contributed by atoms with E-state index in [0.717, 1.165) is 16.1 Å². The van der Waals surface area contributed by atoms with E-state index in [1.165, 1.54) is 11.8 Å². The first-order valence-electron chi connectivity index (χ1n) is 5.66. The summed E-state index contributed by atoms with van der Waals surface area (Å²) in [6, 6.07) is 5.55. The second kappa shape index (κ2) is 4.53. The lowest BCUT2D eigenvalue weighted by Crippen LogP contribution is -2.36. The van der Waals surface area contributed by atoms with Crippen LogP contribution in [0, 0.1) is 0 Å². The molecule has 0 saturated carbocycles. The van der Waals surface area contributed by atoms with Crippen molar-refractivity contribution in [1.29, 1.82) is 0 Å². The van der Waals surface area contributed by atoms with Crippen LogP contribution in [0.25, 0.3) is 0 Å². The van der Waals surface area contributed by atoms with E-state index >= 15 is 0 Å². The second-order valence-corrected chi connectivity index (χ2v) is 5.50. The average molecular weight is 249 g/mol. The Hall–Kier alpha value is -1.29. The maximum Gasteiger partial charge on any atom is 0.239 e. The van der Waals surface area contributed by atoms with Gasteiger partial charge in [-0.3, -0.25) is 9.59 Å². The highest BCUT2D eigenvalue weighted by atomic mass is 32.2. The summed E-state index contributed by atoms with van der Waals surface area (Å²) in [6.07, 6.45) is 0.508. The molecule has 2 rings (SSSR count). The van der Waals surface area contributed by atoms with E-state index < -0.39 is 0 Å². The summed E-state index contributed by atoms with van der Waals surface area (Å²) in [5, 5.41) is -0.0838. The Labute approximate surface area is 105 Å². The normalized spacial score (nSPS) is 19.1. The van der Waals surface area contributed by atoms with E-state index in [2.05, 4.69) is 0 Å². The van der Waals surface area contributed by atoms with Gasteiger partial charge in [-0.2, -0.15) is 0 Å². The third-order valence-corrected chi connectivity index (χ3v) is 4.08. The van der Waals surface area contributed by atoms with Crippen LogP contribution in [0.3, 0.4) is 0 Å². The lowest BCUT2D eigenvalue weighted by Gasteiger charge is -2.29. The van der Waals surface area contributed by atoms with Crippen LogP contribution >= 0.6 is 11.8 Å². The lowest BCUT2D eigenvalue weighted by atomic mass is 10.1. The Morgan fingerprint density at radius 3 is 2.82 bits per heavy atom. The fourth-order valence-corrected chi connectivity index (χ4v) is 3.06. The quantitative estimate of drug-likeness (QED) is 0.756. The fraction of sp³-hybridized carbons (Fsp3) is 0.385. The minimum atomic E-state index is -0.0838. The van der Waals surface area contributed by atoms with Gasteiger partial charge in [-0.25, -0.2) is 0 Å².